The molecule has 0 aliphatic carbocycles. The number of carbonyl (C=O) groups excluding carboxylic acids is 1. The SMILES string of the molecule is Cc1ccc2nc(SCC(=O)NN=Cc3c[nH]c4ccccc34)cc(C)c2c1. The zero-order valence-corrected chi connectivity index (χ0v) is 16.5. The van der Waals surface area contributed by atoms with E-state index >= 15 is 0 Å². The number of para-hydroxylation sites is 1. The highest BCUT2D eigenvalue weighted by atomic mass is 32.2. The van der Waals surface area contributed by atoms with Crippen LogP contribution in [-0.4, -0.2) is 27.8 Å². The van der Waals surface area contributed by atoms with E-state index in [-0.39, 0.29) is 11.7 Å². The molecule has 0 spiro atoms. The zero-order chi connectivity index (χ0) is 19.5. The molecule has 0 unspecified atom stereocenters. The Morgan fingerprint density at radius 1 is 1.18 bits per heavy atom. The van der Waals surface area contributed by atoms with Crippen molar-refractivity contribution in [1.82, 2.24) is 15.4 Å². The predicted molar refractivity (Wildman–Crippen MR) is 116 cm³/mol. The lowest BCUT2D eigenvalue weighted by Gasteiger charge is -2.07. The number of carbonyl (C=O) groups is 1. The molecule has 0 aliphatic heterocycles. The van der Waals surface area contributed by atoms with Gasteiger partial charge in [-0.05, 0) is 43.7 Å². The van der Waals surface area contributed by atoms with E-state index < -0.39 is 0 Å². The molecule has 2 aromatic carbocycles. The number of aryl methyl sites for hydroxylation is 2. The van der Waals surface area contributed by atoms with Crippen LogP contribution in [-0.2, 0) is 4.79 Å². The van der Waals surface area contributed by atoms with Crippen LogP contribution in [0, 0.1) is 13.8 Å². The molecule has 0 aliphatic rings. The van der Waals surface area contributed by atoms with Crippen molar-refractivity contribution in [3.63, 3.8) is 0 Å². The minimum absolute atomic E-state index is 0.162. The molecule has 2 heterocycles. The number of pyridine rings is 1. The second kappa shape index (κ2) is 7.86. The van der Waals surface area contributed by atoms with Crippen LogP contribution in [0.15, 0.2) is 64.9 Å². The van der Waals surface area contributed by atoms with E-state index in [9.17, 15) is 4.79 Å². The monoisotopic (exact) mass is 388 g/mol. The van der Waals surface area contributed by atoms with Crippen LogP contribution >= 0.6 is 11.8 Å². The number of aromatic amines is 1. The Kier molecular flexibility index (Phi) is 5.12. The molecule has 140 valence electrons. The molecular weight excluding hydrogens is 368 g/mol. The summed E-state index contributed by atoms with van der Waals surface area (Å²) in [6.07, 6.45) is 3.53. The highest BCUT2D eigenvalue weighted by molar-refractivity contribution is 7.99. The average Bonchev–Trinajstić information content (AvgIpc) is 3.10. The highest BCUT2D eigenvalue weighted by Crippen LogP contribution is 2.24. The number of aromatic nitrogens is 2. The van der Waals surface area contributed by atoms with Gasteiger partial charge in [0.1, 0.15) is 0 Å². The van der Waals surface area contributed by atoms with Crippen LogP contribution in [0.4, 0.5) is 0 Å². The van der Waals surface area contributed by atoms with Gasteiger partial charge >= 0.3 is 0 Å². The summed E-state index contributed by atoms with van der Waals surface area (Å²) in [5.74, 6) is 0.0965. The Bertz CT molecular complexity index is 1200. The third-order valence-corrected chi connectivity index (χ3v) is 5.42. The maximum Gasteiger partial charge on any atom is 0.250 e. The second-order valence-corrected chi connectivity index (χ2v) is 7.67. The van der Waals surface area contributed by atoms with Crippen LogP contribution < -0.4 is 5.43 Å². The Morgan fingerprint density at radius 3 is 2.93 bits per heavy atom. The van der Waals surface area contributed by atoms with E-state index in [1.54, 1.807) is 6.21 Å². The quantitative estimate of drug-likeness (QED) is 0.299. The minimum atomic E-state index is -0.162. The molecule has 2 aromatic heterocycles. The lowest BCUT2D eigenvalue weighted by molar-refractivity contribution is -0.118. The van der Waals surface area contributed by atoms with Gasteiger partial charge in [0.2, 0.25) is 5.91 Å². The number of nitrogens with zero attached hydrogens (tertiary/aromatic N) is 2. The molecule has 0 saturated carbocycles. The van der Waals surface area contributed by atoms with E-state index in [1.165, 1.54) is 17.3 Å². The molecule has 0 fully saturated rings. The third kappa shape index (κ3) is 3.92. The number of amides is 1. The summed E-state index contributed by atoms with van der Waals surface area (Å²) in [4.78, 5) is 19.9. The summed E-state index contributed by atoms with van der Waals surface area (Å²) >= 11 is 1.41. The van der Waals surface area contributed by atoms with Crippen LogP contribution in [0.3, 0.4) is 0 Å². The normalized spacial score (nSPS) is 11.5. The predicted octanol–water partition coefficient (Wildman–Crippen LogP) is 4.58. The highest BCUT2D eigenvalue weighted by Gasteiger charge is 2.07. The first-order valence-corrected chi connectivity index (χ1v) is 9.97. The average molecular weight is 388 g/mol. The maximum absolute atomic E-state index is 12.1. The van der Waals surface area contributed by atoms with E-state index in [2.05, 4.69) is 46.5 Å². The number of H-pyrrole nitrogens is 1. The van der Waals surface area contributed by atoms with Crippen molar-refractivity contribution in [2.24, 2.45) is 5.10 Å². The van der Waals surface area contributed by atoms with E-state index in [1.807, 2.05) is 42.6 Å². The van der Waals surface area contributed by atoms with Crippen molar-refractivity contribution >= 4 is 45.7 Å². The van der Waals surface area contributed by atoms with Gasteiger partial charge in [0, 0.05) is 28.0 Å². The molecule has 6 heteroatoms. The number of hydrazone groups is 1. The molecule has 0 atom stereocenters. The summed E-state index contributed by atoms with van der Waals surface area (Å²) in [7, 11) is 0. The Hall–Kier alpha value is -3.12. The van der Waals surface area contributed by atoms with Crippen LogP contribution in [0.1, 0.15) is 16.7 Å². The minimum Gasteiger partial charge on any atom is -0.361 e. The van der Waals surface area contributed by atoms with Crippen LogP contribution in [0.2, 0.25) is 0 Å². The van der Waals surface area contributed by atoms with Gasteiger partial charge in [0.05, 0.1) is 22.5 Å². The molecule has 4 aromatic rings. The summed E-state index contributed by atoms with van der Waals surface area (Å²) < 4.78 is 0. The second-order valence-electron chi connectivity index (χ2n) is 6.67. The number of rotatable bonds is 5. The Labute approximate surface area is 167 Å². The van der Waals surface area contributed by atoms with Crippen LogP contribution in [0.5, 0.6) is 0 Å². The van der Waals surface area contributed by atoms with E-state index in [0.29, 0.717) is 0 Å². The number of fused-ring (bicyclic) bond motifs is 2. The topological polar surface area (TPSA) is 70.1 Å². The smallest absolute Gasteiger partial charge is 0.250 e. The van der Waals surface area contributed by atoms with Crippen molar-refractivity contribution in [1.29, 1.82) is 0 Å². The first-order chi connectivity index (χ1) is 13.6. The van der Waals surface area contributed by atoms with Gasteiger partial charge < -0.3 is 4.98 Å². The molecule has 1 amide bonds. The molecule has 0 radical (unpaired) electrons. The molecular formula is C22H20N4OS. The van der Waals surface area contributed by atoms with Crippen molar-refractivity contribution < 1.29 is 4.79 Å². The van der Waals surface area contributed by atoms with E-state index in [0.717, 1.165) is 38.0 Å². The van der Waals surface area contributed by atoms with Gasteiger partial charge in [0.15, 0.2) is 0 Å². The lowest BCUT2D eigenvalue weighted by atomic mass is 10.1. The number of thioether (sulfide) groups is 1. The Balaban J connectivity index is 1.38. The third-order valence-electron chi connectivity index (χ3n) is 4.51. The summed E-state index contributed by atoms with van der Waals surface area (Å²) in [5.41, 5.74) is 7.88. The van der Waals surface area contributed by atoms with Gasteiger partial charge in [-0.25, -0.2) is 10.4 Å². The van der Waals surface area contributed by atoms with Crippen molar-refractivity contribution in [2.75, 3.05) is 5.75 Å². The number of nitrogens with one attached hydrogen (secondary N) is 2. The van der Waals surface area contributed by atoms with Gasteiger partial charge in [-0.2, -0.15) is 5.10 Å². The summed E-state index contributed by atoms with van der Waals surface area (Å²) in [5, 5.41) is 7.13. The van der Waals surface area contributed by atoms with Gasteiger partial charge in [-0.15, -0.1) is 0 Å². The number of hydrogen-bond acceptors (Lipinski definition) is 4. The maximum atomic E-state index is 12.1. The summed E-state index contributed by atoms with van der Waals surface area (Å²) in [6.45, 7) is 4.14. The molecule has 28 heavy (non-hydrogen) atoms. The Morgan fingerprint density at radius 2 is 2.04 bits per heavy atom. The standard InChI is InChI=1S/C22H20N4OS/c1-14-7-8-20-18(9-14)15(2)10-22(25-20)28-13-21(27)26-24-12-16-11-23-19-6-4-3-5-17(16)19/h3-12,23H,13H2,1-2H3,(H,26,27). The van der Waals surface area contributed by atoms with E-state index in [4.69, 9.17) is 0 Å². The van der Waals surface area contributed by atoms with Crippen LogP contribution in [0.25, 0.3) is 21.8 Å². The van der Waals surface area contributed by atoms with Crippen molar-refractivity contribution in [3.05, 3.63) is 71.4 Å². The largest absolute Gasteiger partial charge is 0.361 e. The number of hydrogen-bond donors (Lipinski definition) is 2. The van der Waals surface area contributed by atoms with Crippen molar-refractivity contribution in [3.8, 4) is 0 Å². The zero-order valence-electron chi connectivity index (χ0n) is 15.7. The molecule has 0 saturated heterocycles. The lowest BCUT2D eigenvalue weighted by Crippen LogP contribution is -2.19. The molecule has 0 bridgehead atoms. The summed E-state index contributed by atoms with van der Waals surface area (Å²) in [6, 6.07) is 16.2. The fraction of sp³-hybridized carbons (Fsp3) is 0.136. The molecule has 2 N–H and O–H groups in total. The van der Waals surface area contributed by atoms with Crippen molar-refractivity contribution in [2.45, 2.75) is 18.9 Å². The fourth-order valence-electron chi connectivity index (χ4n) is 3.10. The first kappa shape index (κ1) is 18.3. The molecule has 5 nitrogen and oxygen atoms in total. The molecule has 4 rings (SSSR count). The van der Waals surface area contributed by atoms with Gasteiger partial charge in [0.25, 0.3) is 0 Å². The first-order valence-electron chi connectivity index (χ1n) is 8.99. The fourth-order valence-corrected chi connectivity index (χ4v) is 3.86. The van der Waals surface area contributed by atoms with Gasteiger partial charge in [-0.1, -0.05) is 41.6 Å². The van der Waals surface area contributed by atoms with Gasteiger partial charge in [-0.3, -0.25) is 4.79 Å². The number of benzene rings is 2.